The Balaban J connectivity index is 2.36. The van der Waals surface area contributed by atoms with Crippen molar-refractivity contribution in [1.29, 1.82) is 0 Å². The number of aliphatic hydroxyl groups excluding tert-OH is 2. The molecule has 170 valence electrons. The van der Waals surface area contributed by atoms with Gasteiger partial charge in [0.25, 0.3) is 0 Å². The Morgan fingerprint density at radius 3 is 2.48 bits per heavy atom. The van der Waals surface area contributed by atoms with E-state index in [0.717, 1.165) is 25.7 Å². The van der Waals surface area contributed by atoms with Crippen molar-refractivity contribution in [3.8, 4) is 0 Å². The van der Waals surface area contributed by atoms with Gasteiger partial charge in [-0.3, -0.25) is 9.59 Å². The van der Waals surface area contributed by atoms with Crippen LogP contribution in [0.2, 0.25) is 0 Å². The molecule has 0 spiro atoms. The normalized spacial score (nSPS) is 26.9. The van der Waals surface area contributed by atoms with Gasteiger partial charge in [-0.2, -0.15) is 0 Å². The average Bonchev–Trinajstić information content (AvgIpc) is 2.68. The Bertz CT molecular complexity index is 481. The highest BCUT2D eigenvalue weighted by Gasteiger charge is 2.45. The fourth-order valence-corrected chi connectivity index (χ4v) is 3.14. The zero-order valence-corrected chi connectivity index (χ0v) is 17.5. The van der Waals surface area contributed by atoms with E-state index in [1.807, 2.05) is 0 Å². The fourth-order valence-electron chi connectivity index (χ4n) is 3.14. The van der Waals surface area contributed by atoms with Gasteiger partial charge in [-0.25, -0.2) is 0 Å². The third-order valence-electron chi connectivity index (χ3n) is 4.69. The maximum absolute atomic E-state index is 11.9. The van der Waals surface area contributed by atoms with Crippen LogP contribution in [0.1, 0.15) is 45.4 Å². The molecule has 5 unspecified atom stereocenters. The summed E-state index contributed by atoms with van der Waals surface area (Å²) in [5.74, 6) is -0.433. The summed E-state index contributed by atoms with van der Waals surface area (Å²) in [5.41, 5.74) is 5.44. The highest BCUT2D eigenvalue weighted by molar-refractivity contribution is 5.75. The number of carbonyl (C=O) groups excluding carboxylic acids is 2. The number of hydrogen-bond acceptors (Lipinski definition) is 8. The minimum absolute atomic E-state index is 0.0527. The first-order valence-corrected chi connectivity index (χ1v) is 10.3. The topological polar surface area (TPSA) is 152 Å². The molecule has 1 aliphatic heterocycles. The summed E-state index contributed by atoms with van der Waals surface area (Å²) in [5, 5.41) is 25.9. The molecule has 1 fully saturated rings. The van der Waals surface area contributed by atoms with Gasteiger partial charge in [-0.05, 0) is 25.8 Å². The molecular weight excluding hydrogens is 382 g/mol. The van der Waals surface area contributed by atoms with Gasteiger partial charge in [-0.15, -0.1) is 0 Å². The number of methoxy groups -OCH3 is 1. The Kier molecular flexibility index (Phi) is 13.0. The quantitative estimate of drug-likeness (QED) is 0.225. The Hall–Kier alpha value is -1.30. The molecule has 10 nitrogen and oxygen atoms in total. The number of rotatable bonds is 14. The maximum Gasteiger partial charge on any atom is 0.220 e. The minimum Gasteiger partial charge on any atom is -0.388 e. The molecule has 0 aromatic carbocycles. The van der Waals surface area contributed by atoms with Crippen LogP contribution < -0.4 is 16.4 Å². The first-order valence-electron chi connectivity index (χ1n) is 10.3. The summed E-state index contributed by atoms with van der Waals surface area (Å²) in [4.78, 5) is 23.3. The van der Waals surface area contributed by atoms with E-state index in [4.69, 9.17) is 19.9 Å². The Morgan fingerprint density at radius 2 is 1.83 bits per heavy atom. The summed E-state index contributed by atoms with van der Waals surface area (Å²) < 4.78 is 16.3. The van der Waals surface area contributed by atoms with Crippen molar-refractivity contribution in [2.24, 2.45) is 5.73 Å². The summed E-state index contributed by atoms with van der Waals surface area (Å²) >= 11 is 0. The summed E-state index contributed by atoms with van der Waals surface area (Å²) in [6.45, 7) is 2.91. The molecule has 1 saturated heterocycles. The molecule has 1 rings (SSSR count). The lowest BCUT2D eigenvalue weighted by atomic mass is 9.97. The number of hydrogen-bond donors (Lipinski definition) is 5. The van der Waals surface area contributed by atoms with E-state index in [1.165, 1.54) is 14.0 Å². The number of ether oxygens (including phenoxy) is 3. The van der Waals surface area contributed by atoms with Crippen LogP contribution in [-0.4, -0.2) is 86.1 Å². The highest BCUT2D eigenvalue weighted by atomic mass is 16.7. The van der Waals surface area contributed by atoms with Gasteiger partial charge >= 0.3 is 0 Å². The average molecular weight is 420 g/mol. The van der Waals surface area contributed by atoms with Crippen molar-refractivity contribution < 1.29 is 34.0 Å². The van der Waals surface area contributed by atoms with Gasteiger partial charge in [0.05, 0.1) is 13.2 Å². The van der Waals surface area contributed by atoms with Gasteiger partial charge in [0.2, 0.25) is 11.8 Å². The third-order valence-corrected chi connectivity index (χ3v) is 4.69. The number of amides is 2. The van der Waals surface area contributed by atoms with Crippen molar-refractivity contribution in [1.82, 2.24) is 10.6 Å². The molecule has 5 atom stereocenters. The van der Waals surface area contributed by atoms with E-state index >= 15 is 0 Å². The standard InChI is InChI=1S/C19H37N3O7/c1-13(23)22-16-18(26)17(25)14(12-27-2)29-19(16)28-11-7-8-15(24)21-10-6-4-3-5-9-20/h14,16-19,25-26H,3-12,20H2,1-2H3,(H,21,24)(H,22,23). The van der Waals surface area contributed by atoms with Crippen LogP contribution in [0.5, 0.6) is 0 Å². The zero-order chi connectivity index (χ0) is 21.6. The summed E-state index contributed by atoms with van der Waals surface area (Å²) in [6, 6.07) is -0.919. The van der Waals surface area contributed by atoms with Crippen LogP contribution in [0.4, 0.5) is 0 Å². The lowest BCUT2D eigenvalue weighted by Gasteiger charge is -2.42. The van der Waals surface area contributed by atoms with Crippen LogP contribution in [0, 0.1) is 0 Å². The Labute approximate surface area is 172 Å². The first kappa shape index (κ1) is 25.7. The van der Waals surface area contributed by atoms with Crippen LogP contribution >= 0.6 is 0 Å². The van der Waals surface area contributed by atoms with Gasteiger partial charge in [0.1, 0.15) is 24.4 Å². The van der Waals surface area contributed by atoms with E-state index in [-0.39, 0.29) is 25.0 Å². The van der Waals surface area contributed by atoms with E-state index in [9.17, 15) is 19.8 Å². The zero-order valence-electron chi connectivity index (χ0n) is 17.5. The monoisotopic (exact) mass is 419 g/mol. The van der Waals surface area contributed by atoms with Crippen molar-refractivity contribution in [2.75, 3.05) is 33.4 Å². The second-order valence-electron chi connectivity index (χ2n) is 7.23. The smallest absolute Gasteiger partial charge is 0.220 e. The van der Waals surface area contributed by atoms with Gasteiger partial charge in [-0.1, -0.05) is 12.8 Å². The van der Waals surface area contributed by atoms with Crippen LogP contribution in [0.15, 0.2) is 0 Å². The second-order valence-corrected chi connectivity index (χ2v) is 7.23. The van der Waals surface area contributed by atoms with E-state index in [1.54, 1.807) is 0 Å². The van der Waals surface area contributed by atoms with Crippen LogP contribution in [0.25, 0.3) is 0 Å². The largest absolute Gasteiger partial charge is 0.388 e. The summed E-state index contributed by atoms with van der Waals surface area (Å²) in [7, 11) is 1.45. The second kappa shape index (κ2) is 14.6. The van der Waals surface area contributed by atoms with Crippen molar-refractivity contribution >= 4 is 11.8 Å². The molecule has 0 aromatic rings. The molecule has 1 heterocycles. The predicted molar refractivity (Wildman–Crippen MR) is 106 cm³/mol. The van der Waals surface area contributed by atoms with E-state index < -0.39 is 30.6 Å². The number of carbonyl (C=O) groups is 2. The Morgan fingerprint density at radius 1 is 1.10 bits per heavy atom. The number of nitrogens with two attached hydrogens (primary N) is 1. The lowest BCUT2D eigenvalue weighted by molar-refractivity contribution is -0.271. The molecule has 0 radical (unpaired) electrons. The molecular formula is C19H37N3O7. The molecule has 1 aliphatic rings. The summed E-state index contributed by atoms with van der Waals surface area (Å²) in [6.07, 6.45) is 0.579. The minimum atomic E-state index is -1.26. The molecule has 29 heavy (non-hydrogen) atoms. The molecule has 6 N–H and O–H groups in total. The SMILES string of the molecule is COCC1OC(OCCCC(=O)NCCCCCCN)C(NC(C)=O)C(O)C1O. The van der Waals surface area contributed by atoms with Gasteiger partial charge < -0.3 is 40.8 Å². The molecule has 2 amide bonds. The molecule has 10 heteroatoms. The predicted octanol–water partition coefficient (Wildman–Crippen LogP) is -0.984. The third kappa shape index (κ3) is 9.83. The maximum atomic E-state index is 11.9. The first-order chi connectivity index (χ1) is 13.9. The van der Waals surface area contributed by atoms with E-state index in [0.29, 0.717) is 25.9 Å². The molecule has 0 aliphatic carbocycles. The van der Waals surface area contributed by atoms with Crippen molar-refractivity contribution in [2.45, 2.75) is 76.1 Å². The van der Waals surface area contributed by atoms with Crippen molar-refractivity contribution in [3.05, 3.63) is 0 Å². The lowest BCUT2D eigenvalue weighted by Crippen LogP contribution is -2.64. The van der Waals surface area contributed by atoms with Crippen molar-refractivity contribution in [3.63, 3.8) is 0 Å². The van der Waals surface area contributed by atoms with Gasteiger partial charge in [0.15, 0.2) is 6.29 Å². The van der Waals surface area contributed by atoms with Crippen LogP contribution in [-0.2, 0) is 23.8 Å². The fraction of sp³-hybridized carbons (Fsp3) is 0.895. The number of unbranched alkanes of at least 4 members (excludes halogenated alkanes) is 3. The highest BCUT2D eigenvalue weighted by Crippen LogP contribution is 2.23. The molecule has 0 aromatic heterocycles. The number of nitrogens with one attached hydrogen (secondary N) is 2. The van der Waals surface area contributed by atoms with E-state index in [2.05, 4.69) is 10.6 Å². The molecule has 0 bridgehead atoms. The van der Waals surface area contributed by atoms with Gasteiger partial charge in [0, 0.05) is 27.0 Å². The molecule has 0 saturated carbocycles. The number of aliphatic hydroxyl groups is 2. The van der Waals surface area contributed by atoms with Crippen LogP contribution in [0.3, 0.4) is 0 Å².